The molecule has 0 rings (SSSR count). The monoisotopic (exact) mass is 375 g/mol. The van der Waals surface area contributed by atoms with Gasteiger partial charge in [-0.1, -0.05) is 90.9 Å². The van der Waals surface area contributed by atoms with Crippen LogP contribution in [-0.4, -0.2) is 18.9 Å². The molecule has 0 aromatic heterocycles. The van der Waals surface area contributed by atoms with Gasteiger partial charge in [-0.25, -0.2) is 14.5 Å². The maximum absolute atomic E-state index is 12.1. The van der Waals surface area contributed by atoms with Crippen molar-refractivity contribution in [1.29, 1.82) is 0 Å². The summed E-state index contributed by atoms with van der Waals surface area (Å²) in [5.74, 6) is 0.160. The molecule has 0 spiro atoms. The Balaban J connectivity index is 0. The number of hydrogen-bond acceptors (Lipinski definition) is 2. The first-order valence-electron chi connectivity index (χ1n) is 10.5. The second-order valence-corrected chi connectivity index (χ2v) is 7.21. The highest BCUT2D eigenvalue weighted by atomic mass is 35.5. The van der Waals surface area contributed by atoms with Crippen LogP contribution in [0.4, 0.5) is 0 Å². The van der Waals surface area contributed by atoms with Crippen LogP contribution in [0.15, 0.2) is 0 Å². The first kappa shape index (κ1) is 26.8. The minimum absolute atomic E-state index is 0. The van der Waals surface area contributed by atoms with E-state index in [1.165, 1.54) is 64.2 Å². The highest BCUT2D eigenvalue weighted by Crippen LogP contribution is 2.09. The second kappa shape index (κ2) is 19.9. The minimum Gasteiger partial charge on any atom is -1.00 e. The van der Waals surface area contributed by atoms with Gasteiger partial charge in [0.05, 0.1) is 19.9 Å². The van der Waals surface area contributed by atoms with E-state index in [1.807, 2.05) is 0 Å². The van der Waals surface area contributed by atoms with Gasteiger partial charge in [0, 0.05) is 0 Å². The van der Waals surface area contributed by atoms with Crippen LogP contribution in [-0.2, 0) is 9.59 Å². The normalized spacial score (nSPS) is 10.7. The van der Waals surface area contributed by atoms with Gasteiger partial charge in [0.2, 0.25) is 0 Å². The zero-order chi connectivity index (χ0) is 18.0. The van der Waals surface area contributed by atoms with Crippen molar-refractivity contribution in [1.82, 2.24) is 0 Å². The molecule has 0 radical (unpaired) electrons. The van der Waals surface area contributed by atoms with Crippen LogP contribution >= 0.6 is 0 Å². The Morgan fingerprint density at radius 3 is 1.16 bits per heavy atom. The van der Waals surface area contributed by atoms with E-state index in [0.717, 1.165) is 25.7 Å². The van der Waals surface area contributed by atoms with E-state index >= 15 is 0 Å². The molecule has 1 N–H and O–H groups in total. The van der Waals surface area contributed by atoms with Crippen LogP contribution in [0.1, 0.15) is 117 Å². The van der Waals surface area contributed by atoms with Crippen LogP contribution < -0.4 is 17.3 Å². The third kappa shape index (κ3) is 16.8. The molecule has 3 nitrogen and oxygen atoms in total. The molecule has 0 aliphatic carbocycles. The van der Waals surface area contributed by atoms with Crippen molar-refractivity contribution >= 4 is 11.8 Å². The van der Waals surface area contributed by atoms with Crippen LogP contribution in [0.5, 0.6) is 0 Å². The molecule has 4 heteroatoms. The summed E-state index contributed by atoms with van der Waals surface area (Å²) in [6.45, 7) is 4.45. The van der Waals surface area contributed by atoms with E-state index in [9.17, 15) is 9.59 Å². The second-order valence-electron chi connectivity index (χ2n) is 7.21. The largest absolute Gasteiger partial charge is 1.00 e. The molecule has 0 aliphatic rings. The number of unbranched alkanes of at least 4 members (excludes halogenated alkanes) is 12. The van der Waals surface area contributed by atoms with Crippen LogP contribution in [0.2, 0.25) is 0 Å². The molecule has 0 unspecified atom stereocenters. The number of hydrogen-bond donors (Lipinski definition) is 1. The molecule has 0 saturated carbocycles. The Morgan fingerprint density at radius 2 is 0.840 bits per heavy atom. The van der Waals surface area contributed by atoms with E-state index < -0.39 is 0 Å². The lowest BCUT2D eigenvalue weighted by Gasteiger charge is -2.09. The van der Waals surface area contributed by atoms with Crippen LogP contribution in [0, 0.1) is 0 Å². The molecule has 0 atom stereocenters. The fourth-order valence-corrected chi connectivity index (χ4v) is 3.02. The van der Waals surface area contributed by atoms with Crippen LogP contribution in [0.3, 0.4) is 0 Å². The van der Waals surface area contributed by atoms with Crippen molar-refractivity contribution in [3.63, 3.8) is 0 Å². The highest BCUT2D eigenvalue weighted by molar-refractivity contribution is 5.80. The third-order valence-electron chi connectivity index (χ3n) is 4.85. The third-order valence-corrected chi connectivity index (χ3v) is 4.85. The standard InChI is InChI=1S/C21H41NO2.ClH/c1-4-6-8-10-12-14-16-18-20(23)22(3)21(24)19-17-15-13-11-9-7-5-2;/h4-19H2,1-3H3;1H. The Labute approximate surface area is 162 Å². The van der Waals surface area contributed by atoms with Crippen LogP contribution in [0.25, 0.3) is 0 Å². The molecule has 0 bridgehead atoms. The molecular formula is C21H42ClNO2. The summed E-state index contributed by atoms with van der Waals surface area (Å²) in [6.07, 6.45) is 18.0. The lowest BCUT2D eigenvalue weighted by molar-refractivity contribution is -0.715. The number of carbonyl (C=O) groups excluding carboxylic acids is 2. The number of amides is 2. The zero-order valence-electron chi connectivity index (χ0n) is 17.0. The lowest BCUT2D eigenvalue weighted by atomic mass is 10.1. The Hall–Kier alpha value is -0.410. The molecule has 0 aromatic rings. The maximum Gasteiger partial charge on any atom is 0.319 e. The number of halogens is 1. The topological polar surface area (TPSA) is 38.6 Å². The fraction of sp³-hybridized carbons (Fsp3) is 0.905. The van der Waals surface area contributed by atoms with Crippen molar-refractivity contribution in [2.24, 2.45) is 0 Å². The average Bonchev–Trinajstić information content (AvgIpc) is 2.59. The zero-order valence-corrected chi connectivity index (χ0v) is 17.8. The van der Waals surface area contributed by atoms with E-state index in [-0.39, 0.29) is 24.2 Å². The molecule has 2 amide bonds. The fourth-order valence-electron chi connectivity index (χ4n) is 3.02. The molecule has 0 aromatic carbocycles. The number of quaternary nitrogens is 1. The predicted octanol–water partition coefficient (Wildman–Crippen LogP) is 1.84. The van der Waals surface area contributed by atoms with Gasteiger partial charge in [-0.3, -0.25) is 0 Å². The van der Waals surface area contributed by atoms with Crippen molar-refractivity contribution in [2.75, 3.05) is 7.05 Å². The Morgan fingerprint density at radius 1 is 0.560 bits per heavy atom. The molecule has 0 fully saturated rings. The number of imide groups is 1. The van der Waals surface area contributed by atoms with Crippen molar-refractivity contribution in [3.05, 3.63) is 0 Å². The van der Waals surface area contributed by atoms with E-state index in [0.29, 0.717) is 17.7 Å². The summed E-state index contributed by atoms with van der Waals surface area (Å²) in [6, 6.07) is 0. The van der Waals surface area contributed by atoms with Gasteiger partial charge in [-0.15, -0.1) is 0 Å². The van der Waals surface area contributed by atoms with Crippen molar-refractivity contribution < 1.29 is 26.9 Å². The number of nitrogens with one attached hydrogen (secondary N) is 1. The summed E-state index contributed by atoms with van der Waals surface area (Å²) in [5, 5.41) is 0. The van der Waals surface area contributed by atoms with Crippen molar-refractivity contribution in [3.8, 4) is 0 Å². The number of rotatable bonds is 16. The summed E-state index contributed by atoms with van der Waals surface area (Å²) >= 11 is 0. The van der Waals surface area contributed by atoms with Gasteiger partial charge >= 0.3 is 11.8 Å². The van der Waals surface area contributed by atoms with E-state index in [2.05, 4.69) is 13.8 Å². The molecule has 150 valence electrons. The summed E-state index contributed by atoms with van der Waals surface area (Å²) < 4.78 is 0. The molecule has 0 saturated heterocycles. The summed E-state index contributed by atoms with van der Waals surface area (Å²) in [5.41, 5.74) is 0. The minimum atomic E-state index is 0. The predicted molar refractivity (Wildman–Crippen MR) is 102 cm³/mol. The van der Waals surface area contributed by atoms with Gasteiger partial charge in [0.15, 0.2) is 0 Å². The highest BCUT2D eigenvalue weighted by Gasteiger charge is 2.21. The van der Waals surface area contributed by atoms with Gasteiger partial charge in [0.1, 0.15) is 0 Å². The van der Waals surface area contributed by atoms with Crippen molar-refractivity contribution in [2.45, 2.75) is 117 Å². The Kier molecular flexibility index (Phi) is 21.4. The van der Waals surface area contributed by atoms with Gasteiger partial charge < -0.3 is 12.4 Å². The Bertz CT molecular complexity index is 291. The first-order valence-corrected chi connectivity index (χ1v) is 10.5. The summed E-state index contributed by atoms with van der Waals surface area (Å²) in [4.78, 5) is 24.6. The smallest absolute Gasteiger partial charge is 0.319 e. The molecule has 25 heavy (non-hydrogen) atoms. The molecule has 0 aliphatic heterocycles. The van der Waals surface area contributed by atoms with E-state index in [4.69, 9.17) is 0 Å². The van der Waals surface area contributed by atoms with Gasteiger partial charge in [0.25, 0.3) is 0 Å². The first-order chi connectivity index (χ1) is 11.6. The molecular weight excluding hydrogens is 334 g/mol. The maximum atomic E-state index is 12.1. The van der Waals surface area contributed by atoms with E-state index in [1.54, 1.807) is 7.05 Å². The summed E-state index contributed by atoms with van der Waals surface area (Å²) in [7, 11) is 1.73. The van der Waals surface area contributed by atoms with Gasteiger partial charge in [-0.05, 0) is 12.8 Å². The number of carbonyl (C=O) groups is 2. The molecule has 0 heterocycles. The quantitative estimate of drug-likeness (QED) is 0.418. The lowest BCUT2D eigenvalue weighted by Crippen LogP contribution is -3.14. The SMILES string of the molecule is CCCCCCCCCC(=O)[NH+](C)C(=O)CCCCCCCCC.[Cl-]. The van der Waals surface area contributed by atoms with Gasteiger partial charge in [-0.2, -0.15) is 0 Å². The average molecular weight is 376 g/mol.